The number of nitrogens with one attached hydrogen (secondary N) is 1. The SMILES string of the molecule is CC(C)[C@@]1(C(=O)N[C@H]2CC(=O)O[C@]2(O)CF)CC(c2cccc3ccncc23)=NO1. The maximum Gasteiger partial charge on any atom is 0.310 e. The van der Waals surface area contributed by atoms with E-state index in [4.69, 9.17) is 4.84 Å². The summed E-state index contributed by atoms with van der Waals surface area (Å²) in [4.78, 5) is 34.6. The number of pyridine rings is 1. The average Bonchev–Trinajstić information content (AvgIpc) is 3.30. The molecular formula is C21H22FN3O5. The van der Waals surface area contributed by atoms with E-state index >= 15 is 0 Å². The lowest BCUT2D eigenvalue weighted by Crippen LogP contribution is -2.58. The van der Waals surface area contributed by atoms with Crippen molar-refractivity contribution in [3.63, 3.8) is 0 Å². The maximum absolute atomic E-state index is 13.3. The van der Waals surface area contributed by atoms with E-state index in [9.17, 15) is 19.1 Å². The van der Waals surface area contributed by atoms with Crippen LogP contribution in [0.25, 0.3) is 10.8 Å². The predicted molar refractivity (Wildman–Crippen MR) is 105 cm³/mol. The van der Waals surface area contributed by atoms with Crippen molar-refractivity contribution in [1.29, 1.82) is 0 Å². The number of esters is 1. The van der Waals surface area contributed by atoms with E-state index in [0.717, 1.165) is 16.3 Å². The van der Waals surface area contributed by atoms with Crippen LogP contribution in [0.4, 0.5) is 4.39 Å². The van der Waals surface area contributed by atoms with Crippen LogP contribution >= 0.6 is 0 Å². The van der Waals surface area contributed by atoms with Gasteiger partial charge in [-0.05, 0) is 11.5 Å². The number of halogens is 1. The van der Waals surface area contributed by atoms with E-state index in [1.54, 1.807) is 26.2 Å². The topological polar surface area (TPSA) is 110 Å². The molecule has 1 aromatic heterocycles. The fraction of sp³-hybridized carbons (Fsp3) is 0.429. The number of carbonyl (C=O) groups is 2. The summed E-state index contributed by atoms with van der Waals surface area (Å²) in [6, 6.07) is 6.39. The number of aromatic nitrogens is 1. The van der Waals surface area contributed by atoms with Gasteiger partial charge in [0.2, 0.25) is 5.60 Å². The number of aliphatic hydroxyl groups is 1. The molecule has 3 heterocycles. The summed E-state index contributed by atoms with van der Waals surface area (Å²) in [6.07, 6.45) is 3.26. The van der Waals surface area contributed by atoms with Gasteiger partial charge in [-0.2, -0.15) is 0 Å². The quantitative estimate of drug-likeness (QED) is 0.721. The molecule has 158 valence electrons. The third-order valence-electron chi connectivity index (χ3n) is 5.76. The first-order valence-electron chi connectivity index (χ1n) is 9.68. The second-order valence-corrected chi connectivity index (χ2v) is 7.94. The predicted octanol–water partition coefficient (Wildman–Crippen LogP) is 1.84. The molecule has 9 heteroatoms. The Hall–Kier alpha value is -3.07. The summed E-state index contributed by atoms with van der Waals surface area (Å²) in [5.41, 5.74) is 0.00951. The Bertz CT molecular complexity index is 1040. The first kappa shape index (κ1) is 20.2. The van der Waals surface area contributed by atoms with Crippen LogP contribution in [0.1, 0.15) is 32.3 Å². The molecule has 3 atom stereocenters. The molecule has 1 saturated heterocycles. The monoisotopic (exact) mass is 415 g/mol. The summed E-state index contributed by atoms with van der Waals surface area (Å²) in [5, 5.41) is 18.8. The standard InChI is InChI=1S/C21H22FN3O5/c1-12(2)20(19(27)24-17-8-18(26)29-21(17,28)11-22)9-16(25-30-20)14-5-3-4-13-6-7-23-10-15(13)14/h3-7,10,12,17,28H,8-9,11H2,1-2H3,(H,24,27)/t17-,20+,21+/m0/s1. The molecule has 2 aliphatic heterocycles. The highest BCUT2D eigenvalue weighted by Crippen LogP contribution is 2.36. The Labute approximate surface area is 172 Å². The average molecular weight is 415 g/mol. The molecule has 1 fully saturated rings. The number of ether oxygens (including phenoxy) is 1. The zero-order chi connectivity index (χ0) is 21.5. The lowest BCUT2D eigenvalue weighted by Gasteiger charge is -2.32. The van der Waals surface area contributed by atoms with Crippen molar-refractivity contribution < 1.29 is 28.7 Å². The summed E-state index contributed by atoms with van der Waals surface area (Å²) in [7, 11) is 0. The minimum absolute atomic E-state index is 0.167. The number of alkyl halides is 1. The summed E-state index contributed by atoms with van der Waals surface area (Å²) >= 11 is 0. The van der Waals surface area contributed by atoms with Gasteiger partial charge in [-0.3, -0.25) is 14.6 Å². The third-order valence-corrected chi connectivity index (χ3v) is 5.76. The zero-order valence-electron chi connectivity index (χ0n) is 16.6. The molecule has 2 aromatic rings. The highest BCUT2D eigenvalue weighted by Gasteiger charge is 2.55. The van der Waals surface area contributed by atoms with Crippen molar-refractivity contribution >= 4 is 28.4 Å². The van der Waals surface area contributed by atoms with Crippen LogP contribution in [0, 0.1) is 5.92 Å². The molecule has 1 amide bonds. The highest BCUT2D eigenvalue weighted by molar-refractivity contribution is 6.13. The van der Waals surface area contributed by atoms with Gasteiger partial charge in [-0.25, -0.2) is 4.39 Å². The van der Waals surface area contributed by atoms with Gasteiger partial charge in [0.15, 0.2) is 6.67 Å². The smallest absolute Gasteiger partial charge is 0.310 e. The number of hydrogen-bond donors (Lipinski definition) is 2. The van der Waals surface area contributed by atoms with E-state index in [-0.39, 0.29) is 18.8 Å². The minimum Gasteiger partial charge on any atom is -0.428 e. The number of hydrogen-bond acceptors (Lipinski definition) is 7. The Morgan fingerprint density at radius 1 is 1.40 bits per heavy atom. The molecule has 8 nitrogen and oxygen atoms in total. The van der Waals surface area contributed by atoms with Gasteiger partial charge < -0.3 is 20.0 Å². The molecular weight excluding hydrogens is 393 g/mol. The Kier molecular flexibility index (Phi) is 4.93. The van der Waals surface area contributed by atoms with Gasteiger partial charge in [0.1, 0.15) is 6.04 Å². The molecule has 30 heavy (non-hydrogen) atoms. The molecule has 0 bridgehead atoms. The second kappa shape index (κ2) is 7.32. The molecule has 2 aliphatic rings. The number of oxime groups is 1. The van der Waals surface area contributed by atoms with Crippen LogP contribution in [-0.2, 0) is 19.2 Å². The molecule has 0 spiro atoms. The molecule has 0 saturated carbocycles. The zero-order valence-corrected chi connectivity index (χ0v) is 16.6. The Morgan fingerprint density at radius 2 is 2.20 bits per heavy atom. The number of rotatable bonds is 5. The fourth-order valence-corrected chi connectivity index (χ4v) is 3.85. The molecule has 0 unspecified atom stereocenters. The molecule has 2 N–H and O–H groups in total. The summed E-state index contributed by atoms with van der Waals surface area (Å²) in [5.74, 6) is -4.06. The number of cyclic esters (lactones) is 1. The lowest BCUT2D eigenvalue weighted by molar-refractivity contribution is -0.202. The Balaban J connectivity index is 1.61. The van der Waals surface area contributed by atoms with Gasteiger partial charge in [0.05, 0.1) is 12.1 Å². The molecule has 0 radical (unpaired) electrons. The third kappa shape index (κ3) is 3.19. The minimum atomic E-state index is -2.38. The summed E-state index contributed by atoms with van der Waals surface area (Å²) < 4.78 is 17.9. The number of benzene rings is 1. The molecule has 0 aliphatic carbocycles. The highest BCUT2D eigenvalue weighted by atomic mass is 19.1. The maximum atomic E-state index is 13.3. The van der Waals surface area contributed by atoms with Gasteiger partial charge in [-0.15, -0.1) is 0 Å². The van der Waals surface area contributed by atoms with Crippen LogP contribution in [0.5, 0.6) is 0 Å². The second-order valence-electron chi connectivity index (χ2n) is 7.94. The normalized spacial score (nSPS) is 28.4. The van der Waals surface area contributed by atoms with Gasteiger partial charge in [0, 0.05) is 35.7 Å². The number of fused-ring (bicyclic) bond motifs is 1. The molecule has 4 rings (SSSR count). The largest absolute Gasteiger partial charge is 0.428 e. The van der Waals surface area contributed by atoms with Crippen LogP contribution in [0.2, 0.25) is 0 Å². The van der Waals surface area contributed by atoms with Crippen molar-refractivity contribution in [1.82, 2.24) is 10.3 Å². The first-order valence-corrected chi connectivity index (χ1v) is 9.68. The number of carbonyl (C=O) groups excluding carboxylic acids is 2. The van der Waals surface area contributed by atoms with Crippen LogP contribution < -0.4 is 5.32 Å². The van der Waals surface area contributed by atoms with Gasteiger partial charge in [-0.1, -0.05) is 37.2 Å². The molecule has 1 aromatic carbocycles. The number of nitrogens with zero attached hydrogens (tertiary/aromatic N) is 2. The Morgan fingerprint density at radius 3 is 2.93 bits per heavy atom. The van der Waals surface area contributed by atoms with E-state index in [0.29, 0.717) is 5.71 Å². The van der Waals surface area contributed by atoms with Crippen molar-refractivity contribution in [2.24, 2.45) is 11.1 Å². The van der Waals surface area contributed by atoms with E-state index in [1.165, 1.54) is 0 Å². The van der Waals surface area contributed by atoms with Crippen LogP contribution in [-0.4, -0.2) is 51.8 Å². The van der Waals surface area contributed by atoms with E-state index < -0.39 is 36.0 Å². The van der Waals surface area contributed by atoms with Gasteiger partial charge in [0.25, 0.3) is 11.7 Å². The van der Waals surface area contributed by atoms with Crippen molar-refractivity contribution in [2.45, 2.75) is 44.1 Å². The van der Waals surface area contributed by atoms with Crippen molar-refractivity contribution in [3.05, 3.63) is 42.2 Å². The first-order chi connectivity index (χ1) is 14.3. The fourth-order valence-electron chi connectivity index (χ4n) is 3.85. The van der Waals surface area contributed by atoms with E-state index in [2.05, 4.69) is 20.2 Å². The van der Waals surface area contributed by atoms with E-state index in [1.807, 2.05) is 24.3 Å². The van der Waals surface area contributed by atoms with Gasteiger partial charge >= 0.3 is 5.97 Å². The summed E-state index contributed by atoms with van der Waals surface area (Å²) in [6.45, 7) is 2.28. The van der Waals surface area contributed by atoms with Crippen molar-refractivity contribution in [2.75, 3.05) is 6.67 Å². The number of amides is 1. The van der Waals surface area contributed by atoms with Crippen LogP contribution in [0.15, 0.2) is 41.8 Å². The van der Waals surface area contributed by atoms with Crippen molar-refractivity contribution in [3.8, 4) is 0 Å². The van der Waals surface area contributed by atoms with Crippen LogP contribution in [0.3, 0.4) is 0 Å². The lowest BCUT2D eigenvalue weighted by atomic mass is 9.82.